The minimum atomic E-state index is -0.254. The Balaban J connectivity index is 2.05. The molecule has 21 heavy (non-hydrogen) atoms. The van der Waals surface area contributed by atoms with E-state index < -0.39 is 0 Å². The number of benzene rings is 1. The summed E-state index contributed by atoms with van der Waals surface area (Å²) in [5, 5.41) is 11.2. The van der Waals surface area contributed by atoms with Crippen molar-refractivity contribution in [3.8, 4) is 0 Å². The van der Waals surface area contributed by atoms with Gasteiger partial charge in [0.05, 0.1) is 18.1 Å². The zero-order chi connectivity index (χ0) is 15.4. The van der Waals surface area contributed by atoms with E-state index in [1.54, 1.807) is 0 Å². The number of morpholine rings is 1. The molecule has 0 aliphatic carbocycles. The van der Waals surface area contributed by atoms with Crippen molar-refractivity contribution in [1.82, 2.24) is 4.90 Å². The molecule has 2 rings (SSSR count). The molecular formula is C16H24N2O3. The normalized spacial score (nSPS) is 16.1. The van der Waals surface area contributed by atoms with Gasteiger partial charge in [0.25, 0.3) is 5.69 Å². The first kappa shape index (κ1) is 15.9. The second kappa shape index (κ2) is 7.00. The zero-order valence-corrected chi connectivity index (χ0v) is 13.1. The Morgan fingerprint density at radius 1 is 1.24 bits per heavy atom. The van der Waals surface area contributed by atoms with Gasteiger partial charge in [-0.3, -0.25) is 15.0 Å². The quantitative estimate of drug-likeness (QED) is 0.618. The average molecular weight is 292 g/mol. The molecular weight excluding hydrogens is 268 g/mol. The van der Waals surface area contributed by atoms with Crippen molar-refractivity contribution in [3.63, 3.8) is 0 Å². The lowest BCUT2D eigenvalue weighted by Crippen LogP contribution is -2.37. The highest BCUT2D eigenvalue weighted by atomic mass is 16.6. The second-order valence-electron chi connectivity index (χ2n) is 5.78. The molecule has 0 unspecified atom stereocenters. The van der Waals surface area contributed by atoms with E-state index in [4.69, 9.17) is 4.74 Å². The maximum absolute atomic E-state index is 11.2. The topological polar surface area (TPSA) is 55.6 Å². The Hall–Kier alpha value is -1.46. The smallest absolute Gasteiger partial charge is 0.275 e. The van der Waals surface area contributed by atoms with Crippen molar-refractivity contribution in [2.45, 2.75) is 33.6 Å². The highest BCUT2D eigenvalue weighted by Crippen LogP contribution is 2.29. The van der Waals surface area contributed by atoms with E-state index in [9.17, 15) is 10.1 Å². The SMILES string of the molecule is Cc1cc(C)c([N+](=O)[O-])c(C)c1CCCN1CCOCC1. The van der Waals surface area contributed by atoms with Gasteiger partial charge in [-0.1, -0.05) is 0 Å². The third-order valence-corrected chi connectivity index (χ3v) is 4.28. The Bertz CT molecular complexity index is 523. The van der Waals surface area contributed by atoms with Crippen LogP contribution in [0.5, 0.6) is 0 Å². The Morgan fingerprint density at radius 3 is 2.52 bits per heavy atom. The zero-order valence-electron chi connectivity index (χ0n) is 13.1. The van der Waals surface area contributed by atoms with Crippen LogP contribution in [0.25, 0.3) is 0 Å². The average Bonchev–Trinajstić information content (AvgIpc) is 2.42. The Labute approximate surface area is 126 Å². The monoisotopic (exact) mass is 292 g/mol. The molecule has 1 saturated heterocycles. The van der Waals surface area contributed by atoms with Crippen molar-refractivity contribution in [3.05, 3.63) is 38.4 Å². The molecule has 0 spiro atoms. The molecule has 0 N–H and O–H groups in total. The molecule has 0 atom stereocenters. The summed E-state index contributed by atoms with van der Waals surface area (Å²) >= 11 is 0. The molecule has 5 heteroatoms. The number of aryl methyl sites for hydroxylation is 2. The molecule has 0 amide bonds. The largest absolute Gasteiger partial charge is 0.379 e. The number of nitro groups is 1. The predicted octanol–water partition coefficient (Wildman–Crippen LogP) is 2.78. The maximum atomic E-state index is 11.2. The van der Waals surface area contributed by atoms with Crippen LogP contribution in [-0.2, 0) is 11.2 Å². The molecule has 1 heterocycles. The van der Waals surface area contributed by atoms with E-state index in [1.165, 1.54) is 0 Å². The van der Waals surface area contributed by atoms with Crippen LogP contribution in [0.3, 0.4) is 0 Å². The highest BCUT2D eigenvalue weighted by Gasteiger charge is 2.19. The van der Waals surface area contributed by atoms with Gasteiger partial charge in [-0.15, -0.1) is 0 Å². The molecule has 0 bridgehead atoms. The molecule has 1 aromatic carbocycles. The van der Waals surface area contributed by atoms with Gasteiger partial charge in [-0.2, -0.15) is 0 Å². The van der Waals surface area contributed by atoms with E-state index in [1.807, 2.05) is 26.8 Å². The van der Waals surface area contributed by atoms with E-state index in [-0.39, 0.29) is 10.6 Å². The van der Waals surface area contributed by atoms with Crippen molar-refractivity contribution >= 4 is 5.69 Å². The minimum absolute atomic E-state index is 0.254. The molecule has 0 radical (unpaired) electrons. The molecule has 1 aliphatic rings. The molecule has 0 aromatic heterocycles. The van der Waals surface area contributed by atoms with E-state index in [0.29, 0.717) is 0 Å². The molecule has 116 valence electrons. The first-order valence-electron chi connectivity index (χ1n) is 7.55. The van der Waals surface area contributed by atoms with Gasteiger partial charge in [0.15, 0.2) is 0 Å². The fourth-order valence-electron chi connectivity index (χ4n) is 3.18. The van der Waals surface area contributed by atoms with Crippen LogP contribution < -0.4 is 0 Å². The number of rotatable bonds is 5. The number of hydrogen-bond acceptors (Lipinski definition) is 4. The van der Waals surface area contributed by atoms with Crippen LogP contribution in [0.15, 0.2) is 6.07 Å². The molecule has 1 aliphatic heterocycles. The van der Waals surface area contributed by atoms with Crippen LogP contribution in [-0.4, -0.2) is 42.7 Å². The predicted molar refractivity (Wildman–Crippen MR) is 82.9 cm³/mol. The summed E-state index contributed by atoms with van der Waals surface area (Å²) in [7, 11) is 0. The fourth-order valence-corrected chi connectivity index (χ4v) is 3.18. The van der Waals surface area contributed by atoms with Crippen LogP contribution in [0.4, 0.5) is 5.69 Å². The summed E-state index contributed by atoms with van der Waals surface area (Å²) in [4.78, 5) is 13.4. The third kappa shape index (κ3) is 3.80. The van der Waals surface area contributed by atoms with Crippen molar-refractivity contribution in [2.24, 2.45) is 0 Å². The van der Waals surface area contributed by atoms with Gasteiger partial charge in [0.2, 0.25) is 0 Å². The van der Waals surface area contributed by atoms with Crippen molar-refractivity contribution < 1.29 is 9.66 Å². The van der Waals surface area contributed by atoms with Crippen LogP contribution >= 0.6 is 0 Å². The van der Waals surface area contributed by atoms with Gasteiger partial charge in [-0.25, -0.2) is 0 Å². The van der Waals surface area contributed by atoms with E-state index in [0.717, 1.165) is 67.9 Å². The maximum Gasteiger partial charge on any atom is 0.275 e. The molecule has 1 fully saturated rings. The summed E-state index contributed by atoms with van der Waals surface area (Å²) < 4.78 is 5.34. The summed E-state index contributed by atoms with van der Waals surface area (Å²) in [6, 6.07) is 1.94. The van der Waals surface area contributed by atoms with Gasteiger partial charge >= 0.3 is 0 Å². The highest BCUT2D eigenvalue weighted by molar-refractivity contribution is 5.53. The lowest BCUT2D eigenvalue weighted by molar-refractivity contribution is -0.386. The third-order valence-electron chi connectivity index (χ3n) is 4.28. The Kier molecular flexibility index (Phi) is 5.31. The first-order chi connectivity index (χ1) is 10.0. The van der Waals surface area contributed by atoms with Crippen LogP contribution in [0.1, 0.15) is 28.7 Å². The fraction of sp³-hybridized carbons (Fsp3) is 0.625. The molecule has 1 aromatic rings. The Morgan fingerprint density at radius 2 is 1.90 bits per heavy atom. The van der Waals surface area contributed by atoms with Gasteiger partial charge in [0, 0.05) is 24.2 Å². The standard InChI is InChI=1S/C16H24N2O3/c1-12-11-13(2)16(18(19)20)14(3)15(12)5-4-6-17-7-9-21-10-8-17/h11H,4-10H2,1-3H3. The number of nitro benzene ring substituents is 1. The molecule has 5 nitrogen and oxygen atoms in total. The van der Waals surface area contributed by atoms with Gasteiger partial charge < -0.3 is 4.74 Å². The minimum Gasteiger partial charge on any atom is -0.379 e. The first-order valence-corrected chi connectivity index (χ1v) is 7.55. The van der Waals surface area contributed by atoms with Crippen LogP contribution in [0.2, 0.25) is 0 Å². The summed E-state index contributed by atoms with van der Waals surface area (Å²) in [5.74, 6) is 0. The summed E-state index contributed by atoms with van der Waals surface area (Å²) in [6.07, 6.45) is 1.93. The summed E-state index contributed by atoms with van der Waals surface area (Å²) in [5.41, 5.74) is 4.17. The lowest BCUT2D eigenvalue weighted by Gasteiger charge is -2.26. The van der Waals surface area contributed by atoms with E-state index in [2.05, 4.69) is 4.90 Å². The van der Waals surface area contributed by atoms with Crippen molar-refractivity contribution in [2.75, 3.05) is 32.8 Å². The summed E-state index contributed by atoms with van der Waals surface area (Å²) in [6.45, 7) is 10.4. The van der Waals surface area contributed by atoms with Gasteiger partial charge in [0.1, 0.15) is 0 Å². The van der Waals surface area contributed by atoms with E-state index >= 15 is 0 Å². The van der Waals surface area contributed by atoms with Gasteiger partial charge in [-0.05, 0) is 57.4 Å². The second-order valence-corrected chi connectivity index (χ2v) is 5.78. The van der Waals surface area contributed by atoms with Crippen LogP contribution in [0, 0.1) is 30.9 Å². The van der Waals surface area contributed by atoms with Crippen molar-refractivity contribution in [1.29, 1.82) is 0 Å². The number of ether oxygens (including phenoxy) is 1. The number of nitrogens with zero attached hydrogens (tertiary/aromatic N) is 2. The molecule has 0 saturated carbocycles. The lowest BCUT2D eigenvalue weighted by atomic mass is 9.94. The number of hydrogen-bond donors (Lipinski definition) is 0.